The zero-order chi connectivity index (χ0) is 14.5. The summed E-state index contributed by atoms with van der Waals surface area (Å²) in [6.45, 7) is 4.78. The lowest BCUT2D eigenvalue weighted by Crippen LogP contribution is -2.08. The fourth-order valence-corrected chi connectivity index (χ4v) is 2.14. The maximum atomic E-state index is 10.8. The highest BCUT2D eigenvalue weighted by Crippen LogP contribution is 2.21. The van der Waals surface area contributed by atoms with Gasteiger partial charge in [-0.05, 0) is 42.3 Å². The molecular formula is C17H18O3. The highest BCUT2D eigenvalue weighted by Gasteiger charge is 2.09. The molecule has 0 fully saturated rings. The van der Waals surface area contributed by atoms with E-state index in [1.165, 1.54) is 11.1 Å². The van der Waals surface area contributed by atoms with Crippen LogP contribution in [0, 0.1) is 6.92 Å². The number of aryl methyl sites for hydroxylation is 1. The molecule has 104 valence electrons. The number of carboxylic acids is 1. The minimum absolute atomic E-state index is 0.268. The van der Waals surface area contributed by atoms with Crippen molar-refractivity contribution in [3.8, 4) is 5.75 Å². The van der Waals surface area contributed by atoms with Crippen LogP contribution in [0.1, 0.15) is 34.3 Å². The molecule has 0 aliphatic carbocycles. The van der Waals surface area contributed by atoms with Crippen molar-refractivity contribution in [3.05, 3.63) is 65.2 Å². The molecule has 0 saturated carbocycles. The van der Waals surface area contributed by atoms with Crippen molar-refractivity contribution in [2.75, 3.05) is 6.61 Å². The van der Waals surface area contributed by atoms with Crippen molar-refractivity contribution in [3.63, 3.8) is 0 Å². The molecule has 3 nitrogen and oxygen atoms in total. The van der Waals surface area contributed by atoms with Crippen LogP contribution in [-0.2, 0) is 0 Å². The van der Waals surface area contributed by atoms with Gasteiger partial charge in [0.25, 0.3) is 0 Å². The van der Waals surface area contributed by atoms with Crippen LogP contribution in [0.15, 0.2) is 48.5 Å². The Bertz CT molecular complexity index is 587. The van der Waals surface area contributed by atoms with E-state index in [2.05, 4.69) is 26.0 Å². The zero-order valence-electron chi connectivity index (χ0n) is 11.7. The van der Waals surface area contributed by atoms with Crippen LogP contribution in [0.25, 0.3) is 0 Å². The summed E-state index contributed by atoms with van der Waals surface area (Å²) in [6, 6.07) is 14.7. The van der Waals surface area contributed by atoms with Crippen LogP contribution in [0.3, 0.4) is 0 Å². The first-order valence-electron chi connectivity index (χ1n) is 6.59. The van der Waals surface area contributed by atoms with Gasteiger partial charge in [0.1, 0.15) is 5.75 Å². The van der Waals surface area contributed by atoms with Crippen LogP contribution in [0.5, 0.6) is 5.75 Å². The second-order valence-electron chi connectivity index (χ2n) is 4.90. The van der Waals surface area contributed by atoms with Crippen molar-refractivity contribution in [2.45, 2.75) is 19.8 Å². The van der Waals surface area contributed by atoms with Gasteiger partial charge in [0.15, 0.2) is 0 Å². The highest BCUT2D eigenvalue weighted by atomic mass is 16.5. The molecule has 1 atom stereocenters. The standard InChI is InChI=1S/C17H18O3/c1-12-5-3-4-6-16(12)13(2)11-20-15-9-7-14(8-10-15)17(18)19/h3-10,13H,11H2,1-2H3,(H,18,19). The molecule has 0 radical (unpaired) electrons. The third-order valence-corrected chi connectivity index (χ3v) is 3.32. The lowest BCUT2D eigenvalue weighted by atomic mass is 9.97. The Balaban J connectivity index is 1.98. The number of hydrogen-bond acceptors (Lipinski definition) is 2. The smallest absolute Gasteiger partial charge is 0.335 e. The molecule has 3 heteroatoms. The Morgan fingerprint density at radius 3 is 2.40 bits per heavy atom. The van der Waals surface area contributed by atoms with E-state index in [0.717, 1.165) is 0 Å². The summed E-state index contributed by atoms with van der Waals surface area (Å²) in [4.78, 5) is 10.8. The molecule has 2 aromatic rings. The number of carbonyl (C=O) groups is 1. The minimum atomic E-state index is -0.926. The molecule has 0 aliphatic heterocycles. The molecule has 0 aromatic heterocycles. The average molecular weight is 270 g/mol. The van der Waals surface area contributed by atoms with E-state index in [4.69, 9.17) is 9.84 Å². The fraction of sp³-hybridized carbons (Fsp3) is 0.235. The SMILES string of the molecule is Cc1ccccc1C(C)COc1ccc(C(=O)O)cc1. The van der Waals surface area contributed by atoms with Crippen molar-refractivity contribution in [2.24, 2.45) is 0 Å². The summed E-state index contributed by atoms with van der Waals surface area (Å²) in [5.41, 5.74) is 2.80. The summed E-state index contributed by atoms with van der Waals surface area (Å²) in [5, 5.41) is 8.83. The Kier molecular flexibility index (Phi) is 4.41. The molecule has 0 bridgehead atoms. The molecule has 0 saturated heterocycles. The van der Waals surface area contributed by atoms with E-state index in [9.17, 15) is 4.79 Å². The van der Waals surface area contributed by atoms with Gasteiger partial charge in [-0.25, -0.2) is 4.79 Å². The van der Waals surface area contributed by atoms with Crippen LogP contribution >= 0.6 is 0 Å². The van der Waals surface area contributed by atoms with Crippen LogP contribution in [-0.4, -0.2) is 17.7 Å². The summed E-state index contributed by atoms with van der Waals surface area (Å²) in [7, 11) is 0. The molecule has 20 heavy (non-hydrogen) atoms. The van der Waals surface area contributed by atoms with Gasteiger partial charge >= 0.3 is 5.97 Å². The quantitative estimate of drug-likeness (QED) is 0.897. The Labute approximate surface area is 118 Å². The predicted octanol–water partition coefficient (Wildman–Crippen LogP) is 3.88. The van der Waals surface area contributed by atoms with Gasteiger partial charge in [0, 0.05) is 5.92 Å². The number of aromatic carboxylic acids is 1. The predicted molar refractivity (Wildman–Crippen MR) is 78.5 cm³/mol. The summed E-state index contributed by atoms with van der Waals surface area (Å²) >= 11 is 0. The highest BCUT2D eigenvalue weighted by molar-refractivity contribution is 5.87. The number of ether oxygens (including phenoxy) is 1. The molecule has 1 N–H and O–H groups in total. The first-order valence-corrected chi connectivity index (χ1v) is 6.59. The molecule has 0 heterocycles. The van der Waals surface area contributed by atoms with Gasteiger partial charge < -0.3 is 9.84 Å². The van der Waals surface area contributed by atoms with Crippen molar-refractivity contribution < 1.29 is 14.6 Å². The van der Waals surface area contributed by atoms with E-state index in [1.54, 1.807) is 24.3 Å². The van der Waals surface area contributed by atoms with Gasteiger partial charge in [-0.3, -0.25) is 0 Å². The number of carboxylic acid groups (broad SMARTS) is 1. The van der Waals surface area contributed by atoms with Crippen molar-refractivity contribution in [1.29, 1.82) is 0 Å². The normalized spacial score (nSPS) is 11.9. The summed E-state index contributed by atoms with van der Waals surface area (Å²) in [5.74, 6) is 0.0515. The third kappa shape index (κ3) is 3.38. The number of rotatable bonds is 5. The fourth-order valence-electron chi connectivity index (χ4n) is 2.14. The number of benzene rings is 2. The van der Waals surface area contributed by atoms with Gasteiger partial charge in [-0.2, -0.15) is 0 Å². The third-order valence-electron chi connectivity index (χ3n) is 3.32. The Morgan fingerprint density at radius 1 is 1.15 bits per heavy atom. The average Bonchev–Trinajstić information content (AvgIpc) is 2.45. The van der Waals surface area contributed by atoms with Gasteiger partial charge in [-0.1, -0.05) is 31.2 Å². The molecule has 0 amide bonds. The molecule has 0 aliphatic rings. The van der Waals surface area contributed by atoms with Gasteiger partial charge in [0.05, 0.1) is 12.2 Å². The van der Waals surface area contributed by atoms with Crippen LogP contribution in [0.4, 0.5) is 0 Å². The molecular weight excluding hydrogens is 252 g/mol. The van der Waals surface area contributed by atoms with Crippen LogP contribution in [0.2, 0.25) is 0 Å². The topological polar surface area (TPSA) is 46.5 Å². The lowest BCUT2D eigenvalue weighted by molar-refractivity contribution is 0.0697. The zero-order valence-corrected chi connectivity index (χ0v) is 11.7. The second kappa shape index (κ2) is 6.24. The second-order valence-corrected chi connectivity index (χ2v) is 4.90. The van der Waals surface area contributed by atoms with Crippen molar-refractivity contribution in [1.82, 2.24) is 0 Å². The summed E-state index contributed by atoms with van der Waals surface area (Å²) < 4.78 is 5.72. The molecule has 1 unspecified atom stereocenters. The Morgan fingerprint density at radius 2 is 1.80 bits per heavy atom. The minimum Gasteiger partial charge on any atom is -0.493 e. The molecule has 2 rings (SSSR count). The maximum Gasteiger partial charge on any atom is 0.335 e. The van der Waals surface area contributed by atoms with Gasteiger partial charge in [0.2, 0.25) is 0 Å². The van der Waals surface area contributed by atoms with E-state index in [-0.39, 0.29) is 11.5 Å². The van der Waals surface area contributed by atoms with E-state index < -0.39 is 5.97 Å². The van der Waals surface area contributed by atoms with E-state index in [1.807, 2.05) is 12.1 Å². The largest absolute Gasteiger partial charge is 0.493 e. The Hall–Kier alpha value is -2.29. The lowest BCUT2D eigenvalue weighted by Gasteiger charge is -2.15. The molecule has 0 spiro atoms. The number of hydrogen-bond donors (Lipinski definition) is 1. The monoisotopic (exact) mass is 270 g/mol. The van der Waals surface area contributed by atoms with Gasteiger partial charge in [-0.15, -0.1) is 0 Å². The first-order chi connectivity index (χ1) is 9.58. The van der Waals surface area contributed by atoms with E-state index >= 15 is 0 Å². The first kappa shape index (κ1) is 14.1. The summed E-state index contributed by atoms with van der Waals surface area (Å²) in [6.07, 6.45) is 0. The van der Waals surface area contributed by atoms with E-state index in [0.29, 0.717) is 12.4 Å². The van der Waals surface area contributed by atoms with Crippen LogP contribution < -0.4 is 4.74 Å². The molecule has 2 aromatic carbocycles. The van der Waals surface area contributed by atoms with Crippen molar-refractivity contribution >= 4 is 5.97 Å². The maximum absolute atomic E-state index is 10.8.